The van der Waals surface area contributed by atoms with E-state index in [1.165, 1.54) is 12.8 Å². The van der Waals surface area contributed by atoms with Gasteiger partial charge >= 0.3 is 6.61 Å². The Hall–Kier alpha value is -1.20. The van der Waals surface area contributed by atoms with Gasteiger partial charge in [0.05, 0.1) is 0 Å². The fourth-order valence-corrected chi connectivity index (χ4v) is 3.00. The van der Waals surface area contributed by atoms with Gasteiger partial charge in [-0.25, -0.2) is 0 Å². The second-order valence-corrected chi connectivity index (χ2v) is 5.68. The number of hydrogen-bond donors (Lipinski definition) is 1. The van der Waals surface area contributed by atoms with Crippen LogP contribution in [-0.2, 0) is 0 Å². The van der Waals surface area contributed by atoms with E-state index in [9.17, 15) is 8.78 Å². The van der Waals surface area contributed by atoms with E-state index in [0.717, 1.165) is 37.5 Å². The molecule has 2 rings (SSSR count). The van der Waals surface area contributed by atoms with Crippen molar-refractivity contribution in [2.24, 2.45) is 11.7 Å². The Morgan fingerprint density at radius 3 is 2.38 bits per heavy atom. The van der Waals surface area contributed by atoms with Crippen LogP contribution in [0.3, 0.4) is 0 Å². The smallest absolute Gasteiger partial charge is 0.387 e. The lowest BCUT2D eigenvalue weighted by Gasteiger charge is -2.36. The highest BCUT2D eigenvalue weighted by molar-refractivity contribution is 5.29. The van der Waals surface area contributed by atoms with Gasteiger partial charge in [-0.3, -0.25) is 4.90 Å². The fourth-order valence-electron chi connectivity index (χ4n) is 3.00. The summed E-state index contributed by atoms with van der Waals surface area (Å²) in [7, 11) is 0. The van der Waals surface area contributed by atoms with Crippen LogP contribution in [0.25, 0.3) is 0 Å². The maximum absolute atomic E-state index is 12.1. The first kappa shape index (κ1) is 16.2. The quantitative estimate of drug-likeness (QED) is 0.874. The first-order valence-corrected chi connectivity index (χ1v) is 7.59. The Labute approximate surface area is 125 Å². The molecule has 1 heterocycles. The van der Waals surface area contributed by atoms with E-state index in [0.29, 0.717) is 6.04 Å². The fraction of sp³-hybridized carbons (Fsp3) is 0.625. The minimum absolute atomic E-state index is 0.211. The molecule has 0 spiro atoms. The third-order valence-corrected chi connectivity index (χ3v) is 4.36. The molecule has 1 saturated heterocycles. The van der Waals surface area contributed by atoms with Crippen LogP contribution in [0, 0.1) is 5.92 Å². The summed E-state index contributed by atoms with van der Waals surface area (Å²) >= 11 is 0. The molecule has 5 heteroatoms. The molecule has 1 unspecified atom stereocenters. The summed E-state index contributed by atoms with van der Waals surface area (Å²) in [5.41, 5.74) is 6.75. The van der Waals surface area contributed by atoms with Crippen molar-refractivity contribution in [3.05, 3.63) is 29.8 Å². The molecule has 21 heavy (non-hydrogen) atoms. The Kier molecular flexibility index (Phi) is 5.94. The SMILES string of the molecule is CC(c1ccc(OC(F)F)cc1)N1CCC(CCN)CC1. The zero-order valence-electron chi connectivity index (χ0n) is 12.5. The Balaban J connectivity index is 1.90. The van der Waals surface area contributed by atoms with Gasteiger partial charge in [-0.05, 0) is 69.4 Å². The molecule has 1 aromatic rings. The molecule has 1 aromatic carbocycles. The van der Waals surface area contributed by atoms with Crippen LogP contribution in [0.5, 0.6) is 5.75 Å². The Bertz CT molecular complexity index is 417. The van der Waals surface area contributed by atoms with Gasteiger partial charge in [0.1, 0.15) is 5.75 Å². The molecular weight excluding hydrogens is 274 g/mol. The van der Waals surface area contributed by atoms with E-state index in [2.05, 4.69) is 16.6 Å². The van der Waals surface area contributed by atoms with Gasteiger partial charge in [0.15, 0.2) is 0 Å². The molecule has 1 atom stereocenters. The molecule has 0 bridgehead atoms. The molecule has 0 aromatic heterocycles. The first-order valence-electron chi connectivity index (χ1n) is 7.59. The molecule has 1 fully saturated rings. The zero-order valence-corrected chi connectivity index (χ0v) is 12.5. The number of halogens is 2. The monoisotopic (exact) mass is 298 g/mol. The van der Waals surface area contributed by atoms with E-state index in [4.69, 9.17) is 5.73 Å². The van der Waals surface area contributed by atoms with Crippen molar-refractivity contribution in [3.63, 3.8) is 0 Å². The van der Waals surface area contributed by atoms with Gasteiger partial charge < -0.3 is 10.5 Å². The van der Waals surface area contributed by atoms with Gasteiger partial charge in [0, 0.05) is 6.04 Å². The standard InChI is InChI=1S/C16H24F2N2O/c1-12(20-10-7-13(6-9-19)8-11-20)14-2-4-15(5-3-14)21-16(17)18/h2-5,12-13,16H,6-11,19H2,1H3. The van der Waals surface area contributed by atoms with Crippen LogP contribution in [0.1, 0.15) is 37.8 Å². The van der Waals surface area contributed by atoms with E-state index in [1.807, 2.05) is 12.1 Å². The summed E-state index contributed by atoms with van der Waals surface area (Å²) in [6.45, 7) is 2.30. The predicted octanol–water partition coefficient (Wildman–Crippen LogP) is 3.41. The molecule has 2 N–H and O–H groups in total. The van der Waals surface area contributed by atoms with E-state index < -0.39 is 6.61 Å². The molecule has 0 radical (unpaired) electrons. The number of hydrogen-bond acceptors (Lipinski definition) is 3. The lowest BCUT2D eigenvalue weighted by Crippen LogP contribution is -2.36. The highest BCUT2D eigenvalue weighted by atomic mass is 19.3. The molecule has 1 aliphatic heterocycles. The summed E-state index contributed by atoms with van der Waals surface area (Å²) in [5.74, 6) is 0.961. The van der Waals surface area contributed by atoms with E-state index in [1.54, 1.807) is 12.1 Å². The summed E-state index contributed by atoms with van der Waals surface area (Å²) in [4.78, 5) is 2.44. The number of piperidine rings is 1. The number of nitrogens with two attached hydrogens (primary N) is 1. The van der Waals surface area contributed by atoms with Gasteiger partial charge in [-0.2, -0.15) is 8.78 Å². The lowest BCUT2D eigenvalue weighted by atomic mass is 9.92. The van der Waals surface area contributed by atoms with Crippen molar-refractivity contribution in [2.45, 2.75) is 38.8 Å². The average Bonchev–Trinajstić information content (AvgIpc) is 2.48. The second kappa shape index (κ2) is 7.71. The number of benzene rings is 1. The van der Waals surface area contributed by atoms with Crippen LogP contribution in [-0.4, -0.2) is 31.1 Å². The van der Waals surface area contributed by atoms with Crippen molar-refractivity contribution in [1.82, 2.24) is 4.90 Å². The van der Waals surface area contributed by atoms with Gasteiger partial charge in [-0.15, -0.1) is 0 Å². The largest absolute Gasteiger partial charge is 0.435 e. The van der Waals surface area contributed by atoms with Crippen LogP contribution in [0.4, 0.5) is 8.78 Å². The minimum atomic E-state index is -2.77. The number of nitrogens with zero attached hydrogens (tertiary/aromatic N) is 1. The Morgan fingerprint density at radius 1 is 1.24 bits per heavy atom. The number of alkyl halides is 2. The summed E-state index contributed by atoms with van der Waals surface area (Å²) in [6.07, 6.45) is 3.49. The highest BCUT2D eigenvalue weighted by Gasteiger charge is 2.23. The molecule has 1 aliphatic rings. The lowest BCUT2D eigenvalue weighted by molar-refractivity contribution is -0.0498. The number of likely N-dealkylation sites (tertiary alicyclic amines) is 1. The maximum Gasteiger partial charge on any atom is 0.387 e. The zero-order chi connectivity index (χ0) is 15.2. The van der Waals surface area contributed by atoms with Gasteiger partial charge in [0.2, 0.25) is 0 Å². The molecule has 0 amide bonds. The minimum Gasteiger partial charge on any atom is -0.435 e. The van der Waals surface area contributed by atoms with Crippen LogP contribution < -0.4 is 10.5 Å². The topological polar surface area (TPSA) is 38.5 Å². The van der Waals surface area contributed by atoms with Crippen LogP contribution >= 0.6 is 0 Å². The third kappa shape index (κ3) is 4.64. The van der Waals surface area contributed by atoms with Gasteiger partial charge in [-0.1, -0.05) is 12.1 Å². The third-order valence-electron chi connectivity index (χ3n) is 4.36. The van der Waals surface area contributed by atoms with E-state index >= 15 is 0 Å². The van der Waals surface area contributed by atoms with Crippen LogP contribution in [0.2, 0.25) is 0 Å². The van der Waals surface area contributed by atoms with Crippen molar-refractivity contribution in [3.8, 4) is 5.75 Å². The molecule has 0 saturated carbocycles. The number of ether oxygens (including phenoxy) is 1. The van der Waals surface area contributed by atoms with Gasteiger partial charge in [0.25, 0.3) is 0 Å². The summed E-state index contributed by atoms with van der Waals surface area (Å²) in [6, 6.07) is 7.26. The average molecular weight is 298 g/mol. The highest BCUT2D eigenvalue weighted by Crippen LogP contribution is 2.28. The number of rotatable bonds is 6. The normalized spacial score (nSPS) is 18.9. The van der Waals surface area contributed by atoms with Crippen molar-refractivity contribution in [1.29, 1.82) is 0 Å². The molecule has 0 aliphatic carbocycles. The second-order valence-electron chi connectivity index (χ2n) is 5.68. The van der Waals surface area contributed by atoms with Crippen molar-refractivity contribution < 1.29 is 13.5 Å². The summed E-state index contributed by atoms with van der Waals surface area (Å²) < 4.78 is 28.6. The Morgan fingerprint density at radius 2 is 1.86 bits per heavy atom. The van der Waals surface area contributed by atoms with Crippen LogP contribution in [0.15, 0.2) is 24.3 Å². The molecule has 3 nitrogen and oxygen atoms in total. The first-order chi connectivity index (χ1) is 10.1. The molecule has 118 valence electrons. The summed E-state index contributed by atoms with van der Waals surface area (Å²) in [5, 5.41) is 0. The maximum atomic E-state index is 12.1. The van der Waals surface area contributed by atoms with Crippen molar-refractivity contribution >= 4 is 0 Å². The van der Waals surface area contributed by atoms with E-state index in [-0.39, 0.29) is 5.75 Å². The molecular formula is C16H24F2N2O. The van der Waals surface area contributed by atoms with Crippen molar-refractivity contribution in [2.75, 3.05) is 19.6 Å². The predicted molar refractivity (Wildman–Crippen MR) is 79.5 cm³/mol.